The lowest BCUT2D eigenvalue weighted by Gasteiger charge is -2.38. The Morgan fingerprint density at radius 3 is 2.47 bits per heavy atom. The highest BCUT2D eigenvalue weighted by atomic mass is 79.9. The predicted octanol–water partition coefficient (Wildman–Crippen LogP) is 4.93. The molecule has 2 heterocycles. The molecule has 2 aromatic rings. The van der Waals surface area contributed by atoms with Crippen molar-refractivity contribution in [1.29, 1.82) is 0 Å². The molecule has 1 atom stereocenters. The minimum atomic E-state index is -0.200. The molecule has 0 aromatic heterocycles. The summed E-state index contributed by atoms with van der Waals surface area (Å²) in [5.41, 5.74) is 2.02. The fraction of sp³-hybridized carbons (Fsp3) is 0.517. The molecule has 6 nitrogen and oxygen atoms in total. The van der Waals surface area contributed by atoms with Crippen molar-refractivity contribution in [1.82, 2.24) is 15.1 Å². The second-order valence-corrected chi connectivity index (χ2v) is 11.5. The lowest BCUT2D eigenvalue weighted by atomic mass is 9.77. The number of carbonyl (C=O) groups excluding carboxylic acids is 2. The number of carbonyl (C=O) groups is 2. The number of nitrogens with zero attached hydrogens (tertiary/aromatic N) is 2. The van der Waals surface area contributed by atoms with Crippen LogP contribution in [0.25, 0.3) is 0 Å². The van der Waals surface area contributed by atoms with Gasteiger partial charge in [0.2, 0.25) is 11.8 Å². The number of hydrogen-bond acceptors (Lipinski definition) is 4. The maximum absolute atomic E-state index is 13.4. The number of likely N-dealkylation sites (tertiary alicyclic amines) is 2. The van der Waals surface area contributed by atoms with Crippen molar-refractivity contribution in [3.05, 3.63) is 64.1 Å². The first-order valence-corrected chi connectivity index (χ1v) is 14.0. The van der Waals surface area contributed by atoms with Crippen molar-refractivity contribution in [2.75, 3.05) is 33.3 Å². The summed E-state index contributed by atoms with van der Waals surface area (Å²) in [6, 6.07) is 16.2. The quantitative estimate of drug-likeness (QED) is 0.478. The Morgan fingerprint density at radius 1 is 1.08 bits per heavy atom. The zero-order valence-corrected chi connectivity index (χ0v) is 22.6. The molecule has 1 N–H and O–H groups in total. The number of benzene rings is 2. The first-order valence-electron chi connectivity index (χ1n) is 13.2. The van der Waals surface area contributed by atoms with Crippen molar-refractivity contribution >= 4 is 27.7 Å². The largest absolute Gasteiger partial charge is 0.496 e. The average molecular weight is 555 g/mol. The third-order valence-electron chi connectivity index (χ3n) is 8.21. The summed E-state index contributed by atoms with van der Waals surface area (Å²) in [4.78, 5) is 30.5. The molecular weight excluding hydrogens is 518 g/mol. The number of piperidine rings is 1. The van der Waals surface area contributed by atoms with Crippen molar-refractivity contribution in [2.45, 2.75) is 51.1 Å². The minimum absolute atomic E-state index is 0.0698. The van der Waals surface area contributed by atoms with Crippen molar-refractivity contribution < 1.29 is 14.3 Å². The van der Waals surface area contributed by atoms with Crippen molar-refractivity contribution in [3.8, 4) is 5.75 Å². The maximum Gasteiger partial charge on any atom is 0.229 e. The molecule has 1 saturated carbocycles. The molecule has 1 spiro atoms. The highest BCUT2D eigenvalue weighted by Crippen LogP contribution is 2.42. The van der Waals surface area contributed by atoms with Crippen LogP contribution in [0.4, 0.5) is 0 Å². The Balaban J connectivity index is 1.17. The van der Waals surface area contributed by atoms with Gasteiger partial charge in [0.05, 0.1) is 18.6 Å². The number of methoxy groups -OCH3 is 1. The van der Waals surface area contributed by atoms with Crippen LogP contribution in [0.1, 0.15) is 55.7 Å². The highest BCUT2D eigenvalue weighted by Gasteiger charge is 2.47. The Morgan fingerprint density at radius 2 is 1.78 bits per heavy atom. The second-order valence-electron chi connectivity index (χ2n) is 10.6. The van der Waals surface area contributed by atoms with Gasteiger partial charge in [-0.05, 0) is 75.4 Å². The summed E-state index contributed by atoms with van der Waals surface area (Å²) in [6.45, 7) is 4.28. The Hall–Kier alpha value is -2.38. The highest BCUT2D eigenvalue weighted by molar-refractivity contribution is 9.10. The number of para-hydroxylation sites is 1. The van der Waals surface area contributed by atoms with E-state index in [4.69, 9.17) is 4.74 Å². The maximum atomic E-state index is 13.4. The van der Waals surface area contributed by atoms with E-state index in [0.717, 1.165) is 80.5 Å². The van der Waals surface area contributed by atoms with Gasteiger partial charge in [-0.1, -0.05) is 46.3 Å². The summed E-state index contributed by atoms with van der Waals surface area (Å²) in [5.74, 6) is 1.48. The second kappa shape index (κ2) is 10.9. The Labute approximate surface area is 222 Å². The number of ether oxygens (including phenoxy) is 1. The average Bonchev–Trinajstić information content (AvgIpc) is 3.72. The van der Waals surface area contributed by atoms with E-state index >= 15 is 0 Å². The molecule has 1 unspecified atom stereocenters. The Bertz CT molecular complexity index is 1080. The number of hydrogen-bond donors (Lipinski definition) is 1. The van der Waals surface area contributed by atoms with E-state index in [1.54, 1.807) is 7.11 Å². The molecular formula is C29H36BrN3O3. The zero-order chi connectivity index (χ0) is 25.1. The third kappa shape index (κ3) is 5.62. The molecule has 2 saturated heterocycles. The monoisotopic (exact) mass is 553 g/mol. The molecule has 2 aliphatic heterocycles. The summed E-state index contributed by atoms with van der Waals surface area (Å²) in [6.07, 6.45) is 5.59. The van der Waals surface area contributed by atoms with Gasteiger partial charge in [-0.25, -0.2) is 0 Å². The van der Waals surface area contributed by atoms with Crippen molar-refractivity contribution in [2.24, 2.45) is 11.3 Å². The lowest BCUT2D eigenvalue weighted by molar-refractivity contribution is -0.139. The van der Waals surface area contributed by atoms with Crippen LogP contribution in [0.5, 0.6) is 5.75 Å². The lowest BCUT2D eigenvalue weighted by Crippen LogP contribution is -2.45. The van der Waals surface area contributed by atoms with E-state index in [1.165, 1.54) is 5.56 Å². The van der Waals surface area contributed by atoms with E-state index in [0.29, 0.717) is 12.5 Å². The Kier molecular flexibility index (Phi) is 7.68. The van der Waals surface area contributed by atoms with Gasteiger partial charge in [-0.15, -0.1) is 0 Å². The SMILES string of the molecule is COc1ccccc1C(CCN1CCC2(CC1)CCN(Cc1ccc(Br)cc1)C2=O)NC(=O)C1CC1. The van der Waals surface area contributed by atoms with Gasteiger partial charge in [-0.2, -0.15) is 0 Å². The predicted molar refractivity (Wildman–Crippen MR) is 144 cm³/mol. The van der Waals surface area contributed by atoms with E-state index < -0.39 is 0 Å². The molecule has 3 aliphatic rings. The first-order chi connectivity index (χ1) is 17.5. The molecule has 0 radical (unpaired) electrons. The summed E-state index contributed by atoms with van der Waals surface area (Å²) in [5, 5.41) is 3.29. The van der Waals surface area contributed by atoms with Crippen LogP contribution < -0.4 is 10.1 Å². The van der Waals surface area contributed by atoms with Gasteiger partial charge < -0.3 is 19.9 Å². The number of amides is 2. The third-order valence-corrected chi connectivity index (χ3v) is 8.74. The van der Waals surface area contributed by atoms with Crippen LogP contribution in [-0.4, -0.2) is 54.9 Å². The van der Waals surface area contributed by atoms with Gasteiger partial charge in [0.15, 0.2) is 0 Å². The molecule has 7 heteroatoms. The van der Waals surface area contributed by atoms with Gasteiger partial charge in [0.25, 0.3) is 0 Å². The standard InChI is InChI=1S/C29H36BrN3O3/c1-36-26-5-3-2-4-24(26)25(31-27(34)22-8-9-22)12-16-32-17-13-29(14-18-32)15-19-33(28(29)35)20-21-6-10-23(30)11-7-21/h2-7,10-11,22,25H,8-9,12-20H2,1H3,(H,31,34). The van der Waals surface area contributed by atoms with Gasteiger partial charge >= 0.3 is 0 Å². The molecule has 2 amide bonds. The topological polar surface area (TPSA) is 61.9 Å². The van der Waals surface area contributed by atoms with Gasteiger partial charge in [0.1, 0.15) is 5.75 Å². The normalized spacial score (nSPS) is 20.5. The molecule has 36 heavy (non-hydrogen) atoms. The van der Waals surface area contributed by atoms with Crippen LogP contribution in [0.2, 0.25) is 0 Å². The number of halogens is 1. The molecule has 192 valence electrons. The molecule has 3 fully saturated rings. The van der Waals surface area contributed by atoms with Crippen LogP contribution in [-0.2, 0) is 16.1 Å². The minimum Gasteiger partial charge on any atom is -0.496 e. The van der Waals surface area contributed by atoms with E-state index in [-0.39, 0.29) is 23.3 Å². The van der Waals surface area contributed by atoms with Crippen molar-refractivity contribution in [3.63, 3.8) is 0 Å². The molecule has 5 rings (SSSR count). The van der Waals surface area contributed by atoms with E-state index in [9.17, 15) is 9.59 Å². The molecule has 1 aliphatic carbocycles. The number of nitrogens with one attached hydrogen (secondary N) is 1. The fourth-order valence-electron chi connectivity index (χ4n) is 5.73. The van der Waals surface area contributed by atoms with E-state index in [2.05, 4.69) is 44.3 Å². The number of rotatable bonds is 9. The molecule has 0 bridgehead atoms. The van der Waals surface area contributed by atoms with Crippen LogP contribution >= 0.6 is 15.9 Å². The fourth-order valence-corrected chi connectivity index (χ4v) is 5.99. The summed E-state index contributed by atoms with van der Waals surface area (Å²) < 4.78 is 6.66. The van der Waals surface area contributed by atoms with E-state index in [1.807, 2.05) is 35.2 Å². The van der Waals surface area contributed by atoms with Crippen LogP contribution in [0.15, 0.2) is 53.0 Å². The van der Waals surface area contributed by atoms with Gasteiger partial charge in [-0.3, -0.25) is 9.59 Å². The summed E-state index contributed by atoms with van der Waals surface area (Å²) in [7, 11) is 1.68. The smallest absolute Gasteiger partial charge is 0.229 e. The zero-order valence-electron chi connectivity index (χ0n) is 21.0. The summed E-state index contributed by atoms with van der Waals surface area (Å²) >= 11 is 3.48. The van der Waals surface area contributed by atoms with Crippen LogP contribution in [0.3, 0.4) is 0 Å². The van der Waals surface area contributed by atoms with Crippen LogP contribution in [0, 0.1) is 11.3 Å². The first kappa shape index (κ1) is 25.3. The molecule has 2 aromatic carbocycles. The van der Waals surface area contributed by atoms with Gasteiger partial charge in [0, 0.05) is 35.6 Å².